The number of benzene rings is 2. The lowest BCUT2D eigenvalue weighted by molar-refractivity contribution is 0.252. The summed E-state index contributed by atoms with van der Waals surface area (Å²) in [4.78, 5) is 11.5. The first-order valence-electron chi connectivity index (χ1n) is 5.79. The summed E-state index contributed by atoms with van der Waals surface area (Å²) in [7, 11) is 0. The van der Waals surface area contributed by atoms with Crippen LogP contribution < -0.4 is 10.7 Å². The number of anilines is 1. The molecule has 20 heavy (non-hydrogen) atoms. The smallest absolute Gasteiger partial charge is 0.339 e. The maximum absolute atomic E-state index is 11.5. The molecule has 0 bridgehead atoms. The van der Waals surface area contributed by atoms with Crippen molar-refractivity contribution >= 4 is 29.5 Å². The van der Waals surface area contributed by atoms with Gasteiger partial charge < -0.3 is 10.4 Å². The highest BCUT2D eigenvalue weighted by Gasteiger charge is 2.00. The number of phenolic OH excluding ortho intramolecular Hbond substituents is 1. The van der Waals surface area contributed by atoms with Gasteiger partial charge in [0.25, 0.3) is 0 Å². The summed E-state index contributed by atoms with van der Waals surface area (Å²) in [6, 6.07) is 12.9. The molecule has 0 aliphatic carbocycles. The Bertz CT molecular complexity index is 627. The Kier molecular flexibility index (Phi) is 4.57. The molecule has 0 aromatic heterocycles. The fraction of sp³-hybridized carbons (Fsp3) is 0. The van der Waals surface area contributed by atoms with E-state index in [1.807, 2.05) is 0 Å². The minimum Gasteiger partial charge on any atom is -0.507 e. The van der Waals surface area contributed by atoms with Crippen molar-refractivity contribution in [3.05, 3.63) is 59.1 Å². The van der Waals surface area contributed by atoms with Crippen LogP contribution in [-0.2, 0) is 0 Å². The van der Waals surface area contributed by atoms with E-state index >= 15 is 0 Å². The van der Waals surface area contributed by atoms with Crippen LogP contribution in [0.4, 0.5) is 10.5 Å². The zero-order valence-electron chi connectivity index (χ0n) is 10.4. The molecule has 2 amide bonds. The number of urea groups is 1. The fourth-order valence-electron chi connectivity index (χ4n) is 1.45. The molecule has 0 saturated heterocycles. The Morgan fingerprint density at radius 3 is 2.55 bits per heavy atom. The molecular weight excluding hydrogens is 278 g/mol. The lowest BCUT2D eigenvalue weighted by atomic mass is 10.2. The number of hydrogen-bond acceptors (Lipinski definition) is 3. The van der Waals surface area contributed by atoms with Crippen molar-refractivity contribution in [1.82, 2.24) is 5.43 Å². The second-order valence-corrected chi connectivity index (χ2v) is 4.33. The molecular formula is C14H12ClN3O2. The molecule has 0 saturated carbocycles. The van der Waals surface area contributed by atoms with Gasteiger partial charge in [-0.15, -0.1) is 0 Å². The summed E-state index contributed by atoms with van der Waals surface area (Å²) in [6.07, 6.45) is 1.36. The Balaban J connectivity index is 1.89. The van der Waals surface area contributed by atoms with E-state index < -0.39 is 6.03 Å². The number of para-hydroxylation sites is 1. The molecule has 0 fully saturated rings. The Morgan fingerprint density at radius 1 is 1.15 bits per heavy atom. The zero-order chi connectivity index (χ0) is 14.4. The molecule has 3 N–H and O–H groups in total. The number of carbonyl (C=O) groups excluding carboxylic acids is 1. The third kappa shape index (κ3) is 4.00. The number of amides is 2. The van der Waals surface area contributed by atoms with Gasteiger partial charge >= 0.3 is 6.03 Å². The number of hydrazone groups is 1. The van der Waals surface area contributed by atoms with Gasteiger partial charge in [-0.3, -0.25) is 0 Å². The number of carbonyl (C=O) groups is 1. The fourth-order valence-corrected chi connectivity index (χ4v) is 1.58. The van der Waals surface area contributed by atoms with Crippen molar-refractivity contribution in [3.63, 3.8) is 0 Å². The standard InChI is InChI=1S/C14H12ClN3O2/c15-11-5-7-12(8-6-11)17-14(20)18-16-9-10-3-1-2-4-13(10)19/h1-9,19H,(H2,17,18,20)/b16-9+. The molecule has 102 valence electrons. The summed E-state index contributed by atoms with van der Waals surface area (Å²) in [5.74, 6) is 0.0937. The molecule has 0 aliphatic heterocycles. The minimum absolute atomic E-state index is 0.0937. The van der Waals surface area contributed by atoms with Crippen molar-refractivity contribution in [2.75, 3.05) is 5.32 Å². The molecule has 0 unspecified atom stereocenters. The molecule has 2 rings (SSSR count). The summed E-state index contributed by atoms with van der Waals surface area (Å²) < 4.78 is 0. The summed E-state index contributed by atoms with van der Waals surface area (Å²) in [5.41, 5.74) is 3.41. The quantitative estimate of drug-likeness (QED) is 0.599. The van der Waals surface area contributed by atoms with Crippen LogP contribution in [0.5, 0.6) is 5.75 Å². The molecule has 0 heterocycles. The van der Waals surface area contributed by atoms with Gasteiger partial charge in [0.1, 0.15) is 5.75 Å². The highest BCUT2D eigenvalue weighted by molar-refractivity contribution is 6.30. The monoisotopic (exact) mass is 289 g/mol. The first kappa shape index (κ1) is 13.9. The van der Waals surface area contributed by atoms with E-state index in [2.05, 4.69) is 15.8 Å². The van der Waals surface area contributed by atoms with E-state index in [4.69, 9.17) is 11.6 Å². The van der Waals surface area contributed by atoms with Crippen LogP contribution in [0.3, 0.4) is 0 Å². The van der Waals surface area contributed by atoms with Gasteiger partial charge in [0.15, 0.2) is 0 Å². The third-order valence-corrected chi connectivity index (χ3v) is 2.66. The van der Waals surface area contributed by atoms with Crippen LogP contribution in [0.2, 0.25) is 5.02 Å². The van der Waals surface area contributed by atoms with Crippen molar-refractivity contribution in [3.8, 4) is 5.75 Å². The SMILES string of the molecule is O=C(N/N=C/c1ccccc1O)Nc1ccc(Cl)cc1. The normalized spacial score (nSPS) is 10.4. The summed E-state index contributed by atoms with van der Waals surface area (Å²) in [5, 5.41) is 16.4. The average molecular weight is 290 g/mol. The minimum atomic E-state index is -0.487. The van der Waals surface area contributed by atoms with Crippen molar-refractivity contribution in [2.24, 2.45) is 5.10 Å². The molecule has 5 nitrogen and oxygen atoms in total. The number of nitrogens with zero attached hydrogens (tertiary/aromatic N) is 1. The number of aromatic hydroxyl groups is 1. The number of halogens is 1. The third-order valence-electron chi connectivity index (χ3n) is 2.41. The highest BCUT2D eigenvalue weighted by Crippen LogP contribution is 2.13. The van der Waals surface area contributed by atoms with Crippen molar-refractivity contribution in [2.45, 2.75) is 0 Å². The first-order valence-corrected chi connectivity index (χ1v) is 6.16. The Morgan fingerprint density at radius 2 is 1.85 bits per heavy atom. The first-order chi connectivity index (χ1) is 9.65. The van der Waals surface area contributed by atoms with Crippen molar-refractivity contribution < 1.29 is 9.90 Å². The summed E-state index contributed by atoms with van der Waals surface area (Å²) >= 11 is 5.74. The molecule has 2 aromatic rings. The zero-order valence-corrected chi connectivity index (χ0v) is 11.1. The van der Waals surface area contributed by atoms with Gasteiger partial charge in [-0.25, -0.2) is 10.2 Å². The maximum atomic E-state index is 11.5. The molecule has 0 atom stereocenters. The van der Waals surface area contributed by atoms with Gasteiger partial charge in [0, 0.05) is 16.3 Å². The average Bonchev–Trinajstić information content (AvgIpc) is 2.43. The van der Waals surface area contributed by atoms with Crippen LogP contribution in [0.25, 0.3) is 0 Å². The summed E-state index contributed by atoms with van der Waals surface area (Å²) in [6.45, 7) is 0. The van der Waals surface area contributed by atoms with Gasteiger partial charge in [0.05, 0.1) is 6.21 Å². The van der Waals surface area contributed by atoms with E-state index in [9.17, 15) is 9.90 Å². The lowest BCUT2D eigenvalue weighted by Crippen LogP contribution is -2.24. The Labute approximate surface area is 120 Å². The topological polar surface area (TPSA) is 73.7 Å². The number of phenols is 1. The lowest BCUT2D eigenvalue weighted by Gasteiger charge is -2.04. The number of rotatable bonds is 3. The molecule has 0 radical (unpaired) electrons. The second kappa shape index (κ2) is 6.58. The highest BCUT2D eigenvalue weighted by atomic mass is 35.5. The van der Waals surface area contributed by atoms with Crippen LogP contribution in [0.15, 0.2) is 53.6 Å². The van der Waals surface area contributed by atoms with Gasteiger partial charge in [0.2, 0.25) is 0 Å². The second-order valence-electron chi connectivity index (χ2n) is 3.89. The predicted octanol–water partition coefficient (Wildman–Crippen LogP) is 3.20. The molecule has 2 aromatic carbocycles. The van der Waals surface area contributed by atoms with Crippen LogP contribution in [0.1, 0.15) is 5.56 Å². The van der Waals surface area contributed by atoms with E-state index in [1.54, 1.807) is 42.5 Å². The van der Waals surface area contributed by atoms with E-state index in [1.165, 1.54) is 12.3 Å². The maximum Gasteiger partial charge on any atom is 0.339 e. The van der Waals surface area contributed by atoms with Crippen LogP contribution in [-0.4, -0.2) is 17.4 Å². The Hall–Kier alpha value is -2.53. The van der Waals surface area contributed by atoms with Crippen LogP contribution >= 0.6 is 11.6 Å². The number of nitrogens with one attached hydrogen (secondary N) is 2. The van der Waals surface area contributed by atoms with Crippen LogP contribution in [0, 0.1) is 0 Å². The predicted molar refractivity (Wildman–Crippen MR) is 79.3 cm³/mol. The molecule has 0 aliphatic rings. The number of hydrogen-bond donors (Lipinski definition) is 3. The van der Waals surface area contributed by atoms with Gasteiger partial charge in [-0.2, -0.15) is 5.10 Å². The van der Waals surface area contributed by atoms with E-state index in [0.29, 0.717) is 16.3 Å². The largest absolute Gasteiger partial charge is 0.507 e. The van der Waals surface area contributed by atoms with E-state index in [-0.39, 0.29) is 5.75 Å². The van der Waals surface area contributed by atoms with Crippen molar-refractivity contribution in [1.29, 1.82) is 0 Å². The van der Waals surface area contributed by atoms with Gasteiger partial charge in [-0.05, 0) is 36.4 Å². The van der Waals surface area contributed by atoms with E-state index in [0.717, 1.165) is 0 Å². The van der Waals surface area contributed by atoms with Gasteiger partial charge in [-0.1, -0.05) is 23.7 Å². The molecule has 0 spiro atoms. The molecule has 6 heteroatoms.